The number of guanidine groups is 1. The maximum absolute atomic E-state index is 5.92. The molecule has 118 valence electrons. The Balaban J connectivity index is 2.39. The highest BCUT2D eigenvalue weighted by atomic mass is 15.2. The highest BCUT2D eigenvalue weighted by molar-refractivity contribution is 5.92. The van der Waals surface area contributed by atoms with E-state index in [2.05, 4.69) is 62.0 Å². The third-order valence-corrected chi connectivity index (χ3v) is 3.47. The van der Waals surface area contributed by atoms with Crippen molar-refractivity contribution in [2.24, 2.45) is 10.7 Å². The van der Waals surface area contributed by atoms with Gasteiger partial charge in [-0.15, -0.1) is 0 Å². The van der Waals surface area contributed by atoms with E-state index in [1.807, 2.05) is 12.1 Å². The summed E-state index contributed by atoms with van der Waals surface area (Å²) in [5.74, 6) is 0.487. The first kappa shape index (κ1) is 17.5. The Hall–Kier alpha value is -1.55. The number of aliphatic imine (C=N–C) groups is 1. The first-order chi connectivity index (χ1) is 9.90. The SMILES string of the molecule is Cc1cccc(NC(N)=NCCCN(C(C)C)C(C)C)c1. The minimum atomic E-state index is 0.487. The summed E-state index contributed by atoms with van der Waals surface area (Å²) in [6.45, 7) is 12.8. The largest absolute Gasteiger partial charge is 0.370 e. The molecule has 0 heterocycles. The molecule has 1 aromatic carbocycles. The lowest BCUT2D eigenvalue weighted by molar-refractivity contribution is 0.174. The number of anilines is 1. The van der Waals surface area contributed by atoms with Crippen molar-refractivity contribution >= 4 is 11.6 Å². The maximum Gasteiger partial charge on any atom is 0.193 e. The van der Waals surface area contributed by atoms with Crippen molar-refractivity contribution in [3.63, 3.8) is 0 Å². The van der Waals surface area contributed by atoms with Gasteiger partial charge in [-0.2, -0.15) is 0 Å². The zero-order valence-corrected chi connectivity index (χ0v) is 14.1. The summed E-state index contributed by atoms with van der Waals surface area (Å²) in [5, 5.41) is 3.13. The molecular formula is C17H30N4. The van der Waals surface area contributed by atoms with Gasteiger partial charge in [0.15, 0.2) is 5.96 Å². The monoisotopic (exact) mass is 290 g/mol. The lowest BCUT2D eigenvalue weighted by Crippen LogP contribution is -2.38. The van der Waals surface area contributed by atoms with Gasteiger partial charge in [0, 0.05) is 30.9 Å². The maximum atomic E-state index is 5.92. The van der Waals surface area contributed by atoms with Gasteiger partial charge < -0.3 is 11.1 Å². The number of hydrogen-bond donors (Lipinski definition) is 2. The number of hydrogen-bond acceptors (Lipinski definition) is 2. The van der Waals surface area contributed by atoms with Crippen LogP contribution in [0, 0.1) is 6.92 Å². The number of rotatable bonds is 7. The minimum Gasteiger partial charge on any atom is -0.370 e. The van der Waals surface area contributed by atoms with Crippen LogP contribution < -0.4 is 11.1 Å². The topological polar surface area (TPSA) is 53.6 Å². The first-order valence-electron chi connectivity index (χ1n) is 7.79. The molecule has 0 saturated heterocycles. The van der Waals surface area contributed by atoms with E-state index in [1.165, 1.54) is 5.56 Å². The molecule has 4 nitrogen and oxygen atoms in total. The fourth-order valence-electron chi connectivity index (χ4n) is 2.48. The molecule has 0 aliphatic heterocycles. The van der Waals surface area contributed by atoms with Crippen molar-refractivity contribution in [3.05, 3.63) is 29.8 Å². The fraction of sp³-hybridized carbons (Fsp3) is 0.588. The van der Waals surface area contributed by atoms with Gasteiger partial charge in [0.25, 0.3) is 0 Å². The second kappa shape index (κ2) is 8.67. The number of nitrogens with one attached hydrogen (secondary N) is 1. The molecule has 0 bridgehead atoms. The molecule has 3 N–H and O–H groups in total. The Labute approximate surface area is 129 Å². The van der Waals surface area contributed by atoms with Crippen molar-refractivity contribution in [2.45, 2.75) is 53.1 Å². The summed E-state index contributed by atoms with van der Waals surface area (Å²) in [4.78, 5) is 6.87. The van der Waals surface area contributed by atoms with E-state index < -0.39 is 0 Å². The smallest absolute Gasteiger partial charge is 0.193 e. The molecule has 21 heavy (non-hydrogen) atoms. The van der Waals surface area contributed by atoms with E-state index in [-0.39, 0.29) is 0 Å². The van der Waals surface area contributed by atoms with Crippen molar-refractivity contribution in [1.82, 2.24) is 4.90 Å². The molecule has 4 heteroatoms. The number of nitrogens with zero attached hydrogens (tertiary/aromatic N) is 2. The third-order valence-electron chi connectivity index (χ3n) is 3.47. The summed E-state index contributed by atoms with van der Waals surface area (Å²) < 4.78 is 0. The van der Waals surface area contributed by atoms with E-state index in [0.717, 1.165) is 25.2 Å². The summed E-state index contributed by atoms with van der Waals surface area (Å²) in [5.41, 5.74) is 8.11. The molecular weight excluding hydrogens is 260 g/mol. The normalized spacial score (nSPS) is 12.5. The van der Waals surface area contributed by atoms with Gasteiger partial charge in [-0.05, 0) is 58.7 Å². The van der Waals surface area contributed by atoms with Gasteiger partial charge in [0.2, 0.25) is 0 Å². The van der Waals surface area contributed by atoms with Gasteiger partial charge in [-0.1, -0.05) is 12.1 Å². The molecule has 0 unspecified atom stereocenters. The molecule has 1 rings (SSSR count). The Morgan fingerprint density at radius 2 is 1.90 bits per heavy atom. The summed E-state index contributed by atoms with van der Waals surface area (Å²) in [6, 6.07) is 9.25. The quantitative estimate of drug-likeness (QED) is 0.460. The highest BCUT2D eigenvalue weighted by Gasteiger charge is 2.11. The van der Waals surface area contributed by atoms with E-state index in [9.17, 15) is 0 Å². The number of benzene rings is 1. The van der Waals surface area contributed by atoms with E-state index in [0.29, 0.717) is 18.0 Å². The molecule has 0 amide bonds. The lowest BCUT2D eigenvalue weighted by atomic mass is 10.2. The van der Waals surface area contributed by atoms with Crippen molar-refractivity contribution in [3.8, 4) is 0 Å². The molecule has 0 saturated carbocycles. The van der Waals surface area contributed by atoms with Crippen molar-refractivity contribution in [2.75, 3.05) is 18.4 Å². The number of aryl methyl sites for hydroxylation is 1. The average molecular weight is 290 g/mol. The zero-order valence-electron chi connectivity index (χ0n) is 14.1. The molecule has 0 spiro atoms. The molecule has 0 fully saturated rings. The van der Waals surface area contributed by atoms with Crippen LogP contribution in [-0.4, -0.2) is 36.0 Å². The van der Waals surface area contributed by atoms with Crippen molar-refractivity contribution < 1.29 is 0 Å². The highest BCUT2D eigenvalue weighted by Crippen LogP contribution is 2.09. The van der Waals surface area contributed by atoms with Gasteiger partial charge in [0.05, 0.1) is 0 Å². The van der Waals surface area contributed by atoms with Crippen LogP contribution in [0.4, 0.5) is 5.69 Å². The zero-order chi connectivity index (χ0) is 15.8. The molecule has 0 radical (unpaired) electrons. The third kappa shape index (κ3) is 6.63. The Morgan fingerprint density at radius 3 is 2.48 bits per heavy atom. The van der Waals surface area contributed by atoms with E-state index >= 15 is 0 Å². The van der Waals surface area contributed by atoms with Gasteiger partial charge in [0.1, 0.15) is 0 Å². The van der Waals surface area contributed by atoms with Crippen molar-refractivity contribution in [1.29, 1.82) is 0 Å². The van der Waals surface area contributed by atoms with E-state index in [4.69, 9.17) is 5.73 Å². The Bertz CT molecular complexity index is 444. The first-order valence-corrected chi connectivity index (χ1v) is 7.79. The predicted molar refractivity (Wildman–Crippen MR) is 92.9 cm³/mol. The minimum absolute atomic E-state index is 0.487. The van der Waals surface area contributed by atoms with Gasteiger partial charge in [-0.25, -0.2) is 0 Å². The molecule has 0 atom stereocenters. The predicted octanol–water partition coefficient (Wildman–Crippen LogP) is 3.23. The summed E-state index contributed by atoms with van der Waals surface area (Å²) in [7, 11) is 0. The molecule has 0 aliphatic carbocycles. The van der Waals surface area contributed by atoms with Gasteiger partial charge >= 0.3 is 0 Å². The van der Waals surface area contributed by atoms with Gasteiger partial charge in [-0.3, -0.25) is 9.89 Å². The van der Waals surface area contributed by atoms with Crippen LogP contribution in [0.2, 0.25) is 0 Å². The molecule has 1 aromatic rings. The van der Waals surface area contributed by atoms with Crippen LogP contribution in [0.25, 0.3) is 0 Å². The standard InChI is InChI=1S/C17H30N4/c1-13(2)21(14(3)4)11-7-10-19-17(18)20-16-9-6-8-15(5)12-16/h6,8-9,12-14H,7,10-11H2,1-5H3,(H3,18,19,20). The lowest BCUT2D eigenvalue weighted by Gasteiger charge is -2.30. The second-order valence-corrected chi connectivity index (χ2v) is 6.04. The summed E-state index contributed by atoms with van der Waals surface area (Å²) in [6.07, 6.45) is 1.02. The molecule has 0 aliphatic rings. The fourth-order valence-corrected chi connectivity index (χ4v) is 2.48. The second-order valence-electron chi connectivity index (χ2n) is 6.04. The Kier molecular flexibility index (Phi) is 7.23. The van der Waals surface area contributed by atoms with Crippen LogP contribution in [0.5, 0.6) is 0 Å². The van der Waals surface area contributed by atoms with Crippen LogP contribution in [0.1, 0.15) is 39.7 Å². The summed E-state index contributed by atoms with van der Waals surface area (Å²) >= 11 is 0. The van der Waals surface area contributed by atoms with Crippen LogP contribution in [-0.2, 0) is 0 Å². The van der Waals surface area contributed by atoms with Crippen LogP contribution >= 0.6 is 0 Å². The number of nitrogens with two attached hydrogens (primary N) is 1. The Morgan fingerprint density at radius 1 is 1.24 bits per heavy atom. The van der Waals surface area contributed by atoms with E-state index in [1.54, 1.807) is 0 Å². The van der Waals surface area contributed by atoms with Crippen LogP contribution in [0.3, 0.4) is 0 Å². The van der Waals surface area contributed by atoms with Crippen LogP contribution in [0.15, 0.2) is 29.3 Å². The average Bonchev–Trinajstić information content (AvgIpc) is 2.37. The molecule has 0 aromatic heterocycles.